The van der Waals surface area contributed by atoms with Crippen LogP contribution in [-0.4, -0.2) is 40.3 Å². The molecule has 0 unspecified atom stereocenters. The highest BCUT2D eigenvalue weighted by molar-refractivity contribution is 5.86. The van der Waals surface area contributed by atoms with Crippen molar-refractivity contribution in [3.63, 3.8) is 0 Å². The first-order valence-electron chi connectivity index (χ1n) is 4.50. The molecule has 0 aromatic rings. The predicted molar refractivity (Wildman–Crippen MR) is 48.4 cm³/mol. The van der Waals surface area contributed by atoms with Gasteiger partial charge in [-0.05, 0) is 12.8 Å². The summed E-state index contributed by atoms with van der Waals surface area (Å²) >= 11 is 0. The summed E-state index contributed by atoms with van der Waals surface area (Å²) in [5, 5.41) is 21.6. The fourth-order valence-electron chi connectivity index (χ4n) is 0.988. The van der Waals surface area contributed by atoms with Gasteiger partial charge in [-0.2, -0.15) is 0 Å². The van der Waals surface area contributed by atoms with Crippen molar-refractivity contribution in [2.24, 2.45) is 0 Å². The van der Waals surface area contributed by atoms with Crippen molar-refractivity contribution >= 4 is 18.0 Å². The van der Waals surface area contributed by atoms with Crippen molar-refractivity contribution in [3.05, 3.63) is 0 Å². The van der Waals surface area contributed by atoms with Crippen LogP contribution in [0, 0.1) is 0 Å². The standard InChI is InChI=1S/C8H12N2O5/c11-6(12)3-5(7(13)14)10-8(15)9-4-1-2-4/h4-5H,1-3H2,(H,11,12)(H,13,14)(H2,9,10,15)/t5-/m1/s1. The van der Waals surface area contributed by atoms with Gasteiger partial charge in [-0.1, -0.05) is 0 Å². The Morgan fingerprint density at radius 3 is 2.27 bits per heavy atom. The molecule has 1 aliphatic rings. The number of amides is 2. The number of rotatable bonds is 5. The molecule has 0 spiro atoms. The Bertz CT molecular complexity index is 287. The van der Waals surface area contributed by atoms with Crippen LogP contribution in [0.25, 0.3) is 0 Å². The third-order valence-electron chi connectivity index (χ3n) is 1.89. The molecule has 7 nitrogen and oxygen atoms in total. The Balaban J connectivity index is 2.38. The van der Waals surface area contributed by atoms with Gasteiger partial charge in [0.25, 0.3) is 0 Å². The van der Waals surface area contributed by atoms with Gasteiger partial charge in [0.15, 0.2) is 0 Å². The molecule has 0 aliphatic heterocycles. The van der Waals surface area contributed by atoms with Gasteiger partial charge in [0.1, 0.15) is 6.04 Å². The highest BCUT2D eigenvalue weighted by atomic mass is 16.4. The van der Waals surface area contributed by atoms with Gasteiger partial charge in [0.05, 0.1) is 6.42 Å². The van der Waals surface area contributed by atoms with Gasteiger partial charge in [0, 0.05) is 6.04 Å². The molecule has 15 heavy (non-hydrogen) atoms. The molecule has 1 atom stereocenters. The number of hydrogen-bond donors (Lipinski definition) is 4. The van der Waals surface area contributed by atoms with E-state index >= 15 is 0 Å². The maximum atomic E-state index is 11.1. The molecule has 0 aromatic carbocycles. The number of nitrogens with one attached hydrogen (secondary N) is 2. The molecular weight excluding hydrogens is 204 g/mol. The van der Waals surface area contributed by atoms with Crippen molar-refractivity contribution in [3.8, 4) is 0 Å². The lowest BCUT2D eigenvalue weighted by atomic mass is 10.2. The van der Waals surface area contributed by atoms with Crippen LogP contribution in [0.1, 0.15) is 19.3 Å². The van der Waals surface area contributed by atoms with E-state index in [2.05, 4.69) is 10.6 Å². The maximum Gasteiger partial charge on any atom is 0.326 e. The molecule has 0 aromatic heterocycles. The summed E-state index contributed by atoms with van der Waals surface area (Å²) in [6, 6.07) is -1.92. The minimum absolute atomic E-state index is 0.101. The maximum absolute atomic E-state index is 11.1. The van der Waals surface area contributed by atoms with E-state index in [1.165, 1.54) is 0 Å². The first-order chi connectivity index (χ1) is 6.99. The molecule has 0 heterocycles. The third-order valence-corrected chi connectivity index (χ3v) is 1.89. The van der Waals surface area contributed by atoms with Crippen LogP contribution in [0.15, 0.2) is 0 Å². The van der Waals surface area contributed by atoms with Gasteiger partial charge < -0.3 is 20.8 Å². The minimum Gasteiger partial charge on any atom is -0.481 e. The Kier molecular flexibility index (Phi) is 3.48. The highest BCUT2D eigenvalue weighted by Gasteiger charge is 2.27. The normalized spacial score (nSPS) is 16.5. The lowest BCUT2D eigenvalue weighted by Crippen LogP contribution is -2.47. The first-order valence-corrected chi connectivity index (χ1v) is 4.50. The van der Waals surface area contributed by atoms with E-state index < -0.39 is 30.4 Å². The van der Waals surface area contributed by atoms with E-state index in [9.17, 15) is 14.4 Å². The number of urea groups is 1. The second-order valence-corrected chi connectivity index (χ2v) is 3.38. The molecule has 84 valence electrons. The zero-order valence-electron chi connectivity index (χ0n) is 7.90. The van der Waals surface area contributed by atoms with E-state index in [1.54, 1.807) is 0 Å². The summed E-state index contributed by atoms with van der Waals surface area (Å²) < 4.78 is 0. The lowest BCUT2D eigenvalue weighted by molar-refractivity contribution is -0.145. The molecule has 1 saturated carbocycles. The van der Waals surface area contributed by atoms with Crippen LogP contribution in [0.5, 0.6) is 0 Å². The van der Waals surface area contributed by atoms with Gasteiger partial charge in [-0.3, -0.25) is 4.79 Å². The van der Waals surface area contributed by atoms with Crippen LogP contribution >= 0.6 is 0 Å². The number of carbonyl (C=O) groups excluding carboxylic acids is 1. The number of carboxylic acid groups (broad SMARTS) is 2. The van der Waals surface area contributed by atoms with Gasteiger partial charge in [-0.25, -0.2) is 9.59 Å². The van der Waals surface area contributed by atoms with Crippen molar-refractivity contribution < 1.29 is 24.6 Å². The topological polar surface area (TPSA) is 116 Å². The van der Waals surface area contributed by atoms with Crippen molar-refractivity contribution in [1.82, 2.24) is 10.6 Å². The average molecular weight is 216 g/mol. The molecule has 1 fully saturated rings. The second kappa shape index (κ2) is 4.63. The molecule has 1 rings (SSSR count). The van der Waals surface area contributed by atoms with E-state index in [4.69, 9.17) is 10.2 Å². The first kappa shape index (κ1) is 11.3. The van der Waals surface area contributed by atoms with Crippen LogP contribution in [-0.2, 0) is 9.59 Å². The Morgan fingerprint density at radius 2 is 1.87 bits per heavy atom. The SMILES string of the molecule is O=C(O)C[C@@H](NC(=O)NC1CC1)C(=O)O. The number of hydrogen-bond acceptors (Lipinski definition) is 3. The summed E-state index contributed by atoms with van der Waals surface area (Å²) in [5.41, 5.74) is 0. The summed E-state index contributed by atoms with van der Waals surface area (Å²) in [7, 11) is 0. The molecule has 1 aliphatic carbocycles. The summed E-state index contributed by atoms with van der Waals surface area (Å²) in [5.74, 6) is -2.63. The Labute approximate surface area is 85.5 Å². The number of carbonyl (C=O) groups is 3. The molecule has 0 saturated heterocycles. The predicted octanol–water partition coefficient (Wildman–Crippen LogP) is -0.624. The van der Waals surface area contributed by atoms with E-state index in [-0.39, 0.29) is 6.04 Å². The fourth-order valence-corrected chi connectivity index (χ4v) is 0.988. The van der Waals surface area contributed by atoms with E-state index in [0.29, 0.717) is 0 Å². The summed E-state index contributed by atoms with van der Waals surface area (Å²) in [6.45, 7) is 0. The molecule has 0 radical (unpaired) electrons. The highest BCUT2D eigenvalue weighted by Crippen LogP contribution is 2.18. The molecule has 2 amide bonds. The molecule has 4 N–H and O–H groups in total. The molecular formula is C8H12N2O5. The lowest BCUT2D eigenvalue weighted by Gasteiger charge is -2.12. The fraction of sp³-hybridized carbons (Fsp3) is 0.625. The largest absolute Gasteiger partial charge is 0.481 e. The summed E-state index contributed by atoms with van der Waals surface area (Å²) in [6.07, 6.45) is 1.13. The van der Waals surface area contributed by atoms with Gasteiger partial charge in [0.2, 0.25) is 0 Å². The Morgan fingerprint density at radius 1 is 1.27 bits per heavy atom. The zero-order valence-corrected chi connectivity index (χ0v) is 7.90. The van der Waals surface area contributed by atoms with Crippen LogP contribution in [0.2, 0.25) is 0 Å². The van der Waals surface area contributed by atoms with Crippen LogP contribution < -0.4 is 10.6 Å². The van der Waals surface area contributed by atoms with Gasteiger partial charge in [-0.15, -0.1) is 0 Å². The molecule has 7 heteroatoms. The molecule has 0 bridgehead atoms. The van der Waals surface area contributed by atoms with Crippen molar-refractivity contribution in [2.75, 3.05) is 0 Å². The van der Waals surface area contributed by atoms with Gasteiger partial charge >= 0.3 is 18.0 Å². The summed E-state index contributed by atoms with van der Waals surface area (Å²) in [4.78, 5) is 32.0. The third kappa shape index (κ3) is 4.30. The Hall–Kier alpha value is -1.79. The number of aliphatic carboxylic acids is 2. The van der Waals surface area contributed by atoms with Crippen LogP contribution in [0.3, 0.4) is 0 Å². The smallest absolute Gasteiger partial charge is 0.326 e. The van der Waals surface area contributed by atoms with Crippen molar-refractivity contribution in [1.29, 1.82) is 0 Å². The van der Waals surface area contributed by atoms with E-state index in [1.807, 2.05) is 0 Å². The van der Waals surface area contributed by atoms with Crippen molar-refractivity contribution in [2.45, 2.75) is 31.3 Å². The van der Waals surface area contributed by atoms with Crippen LogP contribution in [0.4, 0.5) is 4.79 Å². The minimum atomic E-state index is -1.39. The number of carboxylic acids is 2. The second-order valence-electron chi connectivity index (χ2n) is 3.38. The average Bonchev–Trinajstić information content (AvgIpc) is 2.85. The zero-order chi connectivity index (χ0) is 11.4. The quantitative estimate of drug-likeness (QED) is 0.488. The van der Waals surface area contributed by atoms with E-state index in [0.717, 1.165) is 12.8 Å². The monoisotopic (exact) mass is 216 g/mol.